The summed E-state index contributed by atoms with van der Waals surface area (Å²) in [5.74, 6) is 2.13. The molecular weight excluding hydrogens is 242 g/mol. The van der Waals surface area contributed by atoms with Crippen LogP contribution in [0.5, 0.6) is 0 Å². The summed E-state index contributed by atoms with van der Waals surface area (Å²) in [7, 11) is 0. The Bertz CT molecular complexity index is 454. The minimum atomic E-state index is 0.0388. The molecule has 0 saturated heterocycles. The van der Waals surface area contributed by atoms with E-state index in [-0.39, 0.29) is 5.54 Å². The molecule has 0 aromatic rings. The molecule has 3 rings (SSSR count). The zero-order chi connectivity index (χ0) is 14.5. The summed E-state index contributed by atoms with van der Waals surface area (Å²) in [5, 5.41) is 0. The van der Waals surface area contributed by atoms with Gasteiger partial charge in [-0.2, -0.15) is 0 Å². The lowest BCUT2D eigenvalue weighted by atomic mass is 9.49. The van der Waals surface area contributed by atoms with Crippen LogP contribution in [0, 0.1) is 23.2 Å². The van der Waals surface area contributed by atoms with Crippen molar-refractivity contribution in [2.24, 2.45) is 28.9 Å². The third-order valence-electron chi connectivity index (χ3n) is 6.63. The van der Waals surface area contributed by atoms with Gasteiger partial charge in [-0.05, 0) is 67.8 Å². The minimum Gasteiger partial charge on any atom is -0.325 e. The molecule has 0 unspecified atom stereocenters. The third-order valence-corrected chi connectivity index (χ3v) is 6.63. The summed E-state index contributed by atoms with van der Waals surface area (Å²) >= 11 is 0. The van der Waals surface area contributed by atoms with Gasteiger partial charge in [-0.15, -0.1) is 0 Å². The van der Waals surface area contributed by atoms with E-state index in [0.29, 0.717) is 17.3 Å². The van der Waals surface area contributed by atoms with E-state index in [2.05, 4.69) is 39.8 Å². The maximum atomic E-state index is 6.67. The molecule has 0 aromatic heterocycles. The Labute approximate surface area is 124 Å². The molecule has 0 aromatic carbocycles. The number of nitrogens with two attached hydrogens (primary N) is 1. The molecule has 0 bridgehead atoms. The molecule has 0 aliphatic heterocycles. The predicted molar refractivity (Wildman–Crippen MR) is 86.4 cm³/mol. The van der Waals surface area contributed by atoms with Crippen LogP contribution < -0.4 is 5.73 Å². The fourth-order valence-electron chi connectivity index (χ4n) is 5.39. The first kappa shape index (κ1) is 14.4. The summed E-state index contributed by atoms with van der Waals surface area (Å²) in [6, 6.07) is 0. The average molecular weight is 273 g/mol. The van der Waals surface area contributed by atoms with Crippen LogP contribution in [-0.4, -0.2) is 5.54 Å². The van der Waals surface area contributed by atoms with Crippen molar-refractivity contribution in [1.29, 1.82) is 0 Å². The van der Waals surface area contributed by atoms with Crippen LogP contribution in [0.2, 0.25) is 0 Å². The van der Waals surface area contributed by atoms with Gasteiger partial charge in [-0.25, -0.2) is 0 Å². The van der Waals surface area contributed by atoms with Gasteiger partial charge in [0.1, 0.15) is 0 Å². The number of rotatable bonds is 1. The van der Waals surface area contributed by atoms with Crippen molar-refractivity contribution < 1.29 is 0 Å². The van der Waals surface area contributed by atoms with Crippen LogP contribution in [0.3, 0.4) is 0 Å². The Kier molecular flexibility index (Phi) is 3.40. The molecular formula is C19H31N. The standard InChI is InChI=1S/C19H31N/c1-13(2)14-6-8-16-15(12-14)7-9-17-18(16,3)10-5-11-19(17,4)20/h7,12-13,16-17H,5-6,8-11,20H2,1-4H3/t16-,17-,18+,19+/m1/s1. The molecule has 0 radical (unpaired) electrons. The van der Waals surface area contributed by atoms with E-state index in [9.17, 15) is 0 Å². The predicted octanol–water partition coefficient (Wildman–Crippen LogP) is 4.83. The monoisotopic (exact) mass is 273 g/mol. The number of hydrogen-bond donors (Lipinski definition) is 1. The third kappa shape index (κ3) is 2.09. The highest BCUT2D eigenvalue weighted by atomic mass is 14.8. The fourth-order valence-corrected chi connectivity index (χ4v) is 5.39. The maximum absolute atomic E-state index is 6.67. The highest BCUT2D eigenvalue weighted by Gasteiger charge is 2.52. The van der Waals surface area contributed by atoms with E-state index in [4.69, 9.17) is 5.73 Å². The second-order valence-corrected chi connectivity index (χ2v) is 8.32. The van der Waals surface area contributed by atoms with Crippen molar-refractivity contribution in [2.75, 3.05) is 0 Å². The zero-order valence-electron chi connectivity index (χ0n) is 13.7. The SMILES string of the molecule is CC(C)C1=CC2=CC[C@@H]3[C@@](C)(CCC[C@]3(C)N)[C@@H]2CC1. The van der Waals surface area contributed by atoms with Crippen LogP contribution >= 0.6 is 0 Å². The first-order chi connectivity index (χ1) is 9.34. The Morgan fingerprint density at radius 2 is 2.00 bits per heavy atom. The Morgan fingerprint density at radius 1 is 1.25 bits per heavy atom. The van der Waals surface area contributed by atoms with E-state index in [1.165, 1.54) is 38.5 Å². The minimum absolute atomic E-state index is 0.0388. The number of hydrogen-bond acceptors (Lipinski definition) is 1. The van der Waals surface area contributed by atoms with E-state index in [1.54, 1.807) is 11.1 Å². The Hall–Kier alpha value is -0.560. The summed E-state index contributed by atoms with van der Waals surface area (Å²) in [4.78, 5) is 0. The van der Waals surface area contributed by atoms with Crippen LogP contribution in [0.1, 0.15) is 66.2 Å². The lowest BCUT2D eigenvalue weighted by Crippen LogP contribution is -2.57. The molecule has 20 heavy (non-hydrogen) atoms. The van der Waals surface area contributed by atoms with E-state index in [0.717, 1.165) is 5.92 Å². The van der Waals surface area contributed by atoms with Crippen LogP contribution in [0.25, 0.3) is 0 Å². The van der Waals surface area contributed by atoms with Gasteiger partial charge >= 0.3 is 0 Å². The van der Waals surface area contributed by atoms with E-state index >= 15 is 0 Å². The summed E-state index contributed by atoms with van der Waals surface area (Å²) in [6.45, 7) is 9.50. The second-order valence-electron chi connectivity index (χ2n) is 8.32. The molecule has 0 heterocycles. The van der Waals surface area contributed by atoms with E-state index < -0.39 is 0 Å². The van der Waals surface area contributed by atoms with Crippen molar-refractivity contribution >= 4 is 0 Å². The van der Waals surface area contributed by atoms with Gasteiger partial charge in [0, 0.05) is 5.54 Å². The Morgan fingerprint density at radius 3 is 2.70 bits per heavy atom. The van der Waals surface area contributed by atoms with E-state index in [1.807, 2.05) is 0 Å². The molecule has 0 spiro atoms. The van der Waals surface area contributed by atoms with Gasteiger partial charge in [0.05, 0.1) is 0 Å². The number of allylic oxidation sites excluding steroid dienone is 4. The van der Waals surface area contributed by atoms with Gasteiger partial charge in [0.25, 0.3) is 0 Å². The van der Waals surface area contributed by atoms with Crippen LogP contribution in [0.4, 0.5) is 0 Å². The quantitative estimate of drug-likeness (QED) is 0.727. The highest BCUT2D eigenvalue weighted by molar-refractivity contribution is 5.35. The maximum Gasteiger partial charge on any atom is 0.0162 e. The van der Waals surface area contributed by atoms with Crippen molar-refractivity contribution in [1.82, 2.24) is 0 Å². The van der Waals surface area contributed by atoms with Gasteiger partial charge < -0.3 is 5.73 Å². The highest BCUT2D eigenvalue weighted by Crippen LogP contribution is 2.58. The molecule has 4 atom stereocenters. The fraction of sp³-hybridized carbons (Fsp3) is 0.789. The summed E-state index contributed by atoms with van der Waals surface area (Å²) < 4.78 is 0. The molecule has 1 nitrogen and oxygen atoms in total. The lowest BCUT2D eigenvalue weighted by Gasteiger charge is -2.57. The Balaban J connectivity index is 1.97. The lowest BCUT2D eigenvalue weighted by molar-refractivity contribution is -0.00437. The molecule has 3 aliphatic carbocycles. The van der Waals surface area contributed by atoms with Crippen molar-refractivity contribution in [3.05, 3.63) is 23.3 Å². The molecule has 112 valence electrons. The average Bonchev–Trinajstić information content (AvgIpc) is 2.37. The first-order valence-electron chi connectivity index (χ1n) is 8.54. The smallest absolute Gasteiger partial charge is 0.0162 e. The van der Waals surface area contributed by atoms with Crippen LogP contribution in [-0.2, 0) is 0 Å². The van der Waals surface area contributed by atoms with Gasteiger partial charge in [0.2, 0.25) is 0 Å². The second kappa shape index (κ2) is 4.73. The normalized spacial score (nSPS) is 44.5. The van der Waals surface area contributed by atoms with Gasteiger partial charge in [0.15, 0.2) is 0 Å². The molecule has 1 saturated carbocycles. The van der Waals surface area contributed by atoms with Crippen molar-refractivity contribution in [3.8, 4) is 0 Å². The van der Waals surface area contributed by atoms with Crippen molar-refractivity contribution in [2.45, 2.75) is 71.8 Å². The molecule has 1 fully saturated rings. The number of fused-ring (bicyclic) bond motifs is 3. The molecule has 0 amide bonds. The van der Waals surface area contributed by atoms with Crippen LogP contribution in [0.15, 0.2) is 23.3 Å². The molecule has 3 aliphatic rings. The van der Waals surface area contributed by atoms with Gasteiger partial charge in [-0.3, -0.25) is 0 Å². The molecule has 1 heteroatoms. The zero-order valence-corrected chi connectivity index (χ0v) is 13.7. The summed E-state index contributed by atoms with van der Waals surface area (Å²) in [6.07, 6.45) is 12.8. The largest absolute Gasteiger partial charge is 0.325 e. The summed E-state index contributed by atoms with van der Waals surface area (Å²) in [5.41, 5.74) is 10.4. The van der Waals surface area contributed by atoms with Crippen molar-refractivity contribution in [3.63, 3.8) is 0 Å². The first-order valence-corrected chi connectivity index (χ1v) is 8.54. The molecule has 2 N–H and O–H groups in total. The topological polar surface area (TPSA) is 26.0 Å². The van der Waals surface area contributed by atoms with Gasteiger partial charge in [-0.1, -0.05) is 44.9 Å².